The molecule has 0 aliphatic heterocycles. The first-order valence-corrected chi connectivity index (χ1v) is 6.75. The molecular weight excluding hydrogens is 321 g/mol. The topological polar surface area (TPSA) is 42.0 Å². The average molecular weight is 331 g/mol. The summed E-state index contributed by atoms with van der Waals surface area (Å²) in [5.74, 6) is -1.73. The zero-order valence-electron chi connectivity index (χ0n) is 10.7. The number of carbonyl (C=O) groups is 1. The van der Waals surface area contributed by atoms with Gasteiger partial charge in [-0.2, -0.15) is 0 Å². The van der Waals surface area contributed by atoms with E-state index >= 15 is 0 Å². The van der Waals surface area contributed by atoms with E-state index in [0.29, 0.717) is 5.56 Å². The number of benzene rings is 1. The average Bonchev–Trinajstić information content (AvgIpc) is 2.40. The van der Waals surface area contributed by atoms with Crippen molar-refractivity contribution in [2.75, 3.05) is 6.54 Å². The van der Waals surface area contributed by atoms with E-state index < -0.39 is 17.5 Å². The van der Waals surface area contributed by atoms with Crippen LogP contribution in [0.2, 0.25) is 10.2 Å². The predicted molar refractivity (Wildman–Crippen MR) is 76.7 cm³/mol. The van der Waals surface area contributed by atoms with Crippen LogP contribution in [0.4, 0.5) is 8.78 Å². The molecule has 1 aromatic carbocycles. The fraction of sp³-hybridized carbons (Fsp3) is 0.143. The van der Waals surface area contributed by atoms with Gasteiger partial charge >= 0.3 is 0 Å². The molecule has 0 saturated carbocycles. The number of hydrogen-bond acceptors (Lipinski definition) is 2. The van der Waals surface area contributed by atoms with Crippen molar-refractivity contribution in [2.24, 2.45) is 0 Å². The van der Waals surface area contributed by atoms with Crippen LogP contribution < -0.4 is 5.32 Å². The molecule has 0 radical (unpaired) electrons. The van der Waals surface area contributed by atoms with E-state index in [1.807, 2.05) is 0 Å². The van der Waals surface area contributed by atoms with Gasteiger partial charge in [0.1, 0.15) is 16.8 Å². The first-order chi connectivity index (χ1) is 9.95. The molecule has 7 heteroatoms. The van der Waals surface area contributed by atoms with Gasteiger partial charge in [-0.15, -0.1) is 0 Å². The molecule has 0 fully saturated rings. The van der Waals surface area contributed by atoms with E-state index in [9.17, 15) is 13.6 Å². The molecule has 0 aliphatic rings. The van der Waals surface area contributed by atoms with Crippen molar-refractivity contribution < 1.29 is 13.6 Å². The highest BCUT2D eigenvalue weighted by Crippen LogP contribution is 2.17. The molecule has 2 aromatic rings. The summed E-state index contributed by atoms with van der Waals surface area (Å²) in [4.78, 5) is 15.7. The van der Waals surface area contributed by atoms with Crippen molar-refractivity contribution in [2.45, 2.75) is 6.42 Å². The predicted octanol–water partition coefficient (Wildman–Crippen LogP) is 3.64. The van der Waals surface area contributed by atoms with Crippen LogP contribution in [0.1, 0.15) is 15.9 Å². The second kappa shape index (κ2) is 6.83. The molecule has 0 bridgehead atoms. The van der Waals surface area contributed by atoms with Crippen molar-refractivity contribution in [3.8, 4) is 0 Å². The number of carbonyl (C=O) groups excluding carboxylic acids is 1. The molecule has 0 spiro atoms. The lowest BCUT2D eigenvalue weighted by atomic mass is 10.1. The Bertz CT molecular complexity index is 660. The summed E-state index contributed by atoms with van der Waals surface area (Å²) in [5, 5.41) is 2.92. The zero-order chi connectivity index (χ0) is 15.4. The van der Waals surface area contributed by atoms with E-state index in [4.69, 9.17) is 23.2 Å². The highest BCUT2D eigenvalue weighted by molar-refractivity contribution is 6.35. The van der Waals surface area contributed by atoms with E-state index in [-0.39, 0.29) is 28.7 Å². The van der Waals surface area contributed by atoms with Crippen LogP contribution in [-0.2, 0) is 6.42 Å². The summed E-state index contributed by atoms with van der Waals surface area (Å²) in [6, 6.07) is 4.57. The molecule has 0 aliphatic carbocycles. The van der Waals surface area contributed by atoms with E-state index in [0.717, 1.165) is 6.07 Å². The molecule has 0 saturated heterocycles. The third-order valence-corrected chi connectivity index (χ3v) is 3.20. The Morgan fingerprint density at radius 3 is 2.48 bits per heavy atom. The second-order valence-corrected chi connectivity index (χ2v) is 5.06. The fourth-order valence-electron chi connectivity index (χ4n) is 1.76. The minimum atomic E-state index is -0.653. The Morgan fingerprint density at radius 1 is 1.14 bits per heavy atom. The second-order valence-electron chi connectivity index (χ2n) is 4.27. The Morgan fingerprint density at radius 2 is 1.81 bits per heavy atom. The van der Waals surface area contributed by atoms with Gasteiger partial charge in [-0.25, -0.2) is 13.8 Å². The minimum absolute atomic E-state index is 0.150. The Balaban J connectivity index is 1.96. The van der Waals surface area contributed by atoms with E-state index in [1.54, 1.807) is 0 Å². The highest BCUT2D eigenvalue weighted by atomic mass is 35.5. The van der Waals surface area contributed by atoms with Crippen LogP contribution in [-0.4, -0.2) is 17.4 Å². The third kappa shape index (κ3) is 4.37. The van der Waals surface area contributed by atoms with Crippen LogP contribution in [0.25, 0.3) is 0 Å². The zero-order valence-corrected chi connectivity index (χ0v) is 12.2. The van der Waals surface area contributed by atoms with Crippen LogP contribution in [0, 0.1) is 11.6 Å². The van der Waals surface area contributed by atoms with Gasteiger partial charge in [0.25, 0.3) is 5.91 Å². The molecule has 2 rings (SSSR count). The van der Waals surface area contributed by atoms with Crippen LogP contribution >= 0.6 is 23.2 Å². The summed E-state index contributed by atoms with van der Waals surface area (Å²) in [6.07, 6.45) is 1.57. The molecule has 1 heterocycles. The molecule has 1 aromatic heterocycles. The van der Waals surface area contributed by atoms with Crippen molar-refractivity contribution in [3.63, 3.8) is 0 Å². The number of aromatic nitrogens is 1. The van der Waals surface area contributed by atoms with E-state index in [1.165, 1.54) is 24.4 Å². The smallest absolute Gasteiger partial charge is 0.252 e. The molecule has 0 unspecified atom stereocenters. The lowest BCUT2D eigenvalue weighted by Gasteiger charge is -2.07. The summed E-state index contributed by atoms with van der Waals surface area (Å²) in [6.45, 7) is 0.206. The SMILES string of the molecule is O=C(NCCc1cc(F)cc(F)c1)c1cc(Cl)ncc1Cl. The van der Waals surface area contributed by atoms with Crippen molar-refractivity contribution >= 4 is 29.1 Å². The fourth-order valence-corrected chi connectivity index (χ4v) is 2.11. The van der Waals surface area contributed by atoms with Gasteiger partial charge in [-0.3, -0.25) is 4.79 Å². The molecule has 1 N–H and O–H groups in total. The van der Waals surface area contributed by atoms with Crippen molar-refractivity contribution in [1.82, 2.24) is 10.3 Å². The van der Waals surface area contributed by atoms with Gasteiger partial charge in [-0.1, -0.05) is 23.2 Å². The van der Waals surface area contributed by atoms with Crippen molar-refractivity contribution in [3.05, 3.63) is 63.4 Å². The molecule has 3 nitrogen and oxygen atoms in total. The molecule has 110 valence electrons. The Hall–Kier alpha value is -1.72. The Kier molecular flexibility index (Phi) is 5.09. The standard InChI is InChI=1S/C14H10Cl2F2N2O/c15-12-7-20-13(16)6-11(12)14(21)19-2-1-8-3-9(17)5-10(18)4-8/h3-7H,1-2H2,(H,19,21). The van der Waals surface area contributed by atoms with Crippen LogP contribution in [0.5, 0.6) is 0 Å². The monoisotopic (exact) mass is 330 g/mol. The number of halogens is 4. The van der Waals surface area contributed by atoms with Gasteiger partial charge in [-0.05, 0) is 30.2 Å². The summed E-state index contributed by atoms with van der Waals surface area (Å²) >= 11 is 11.5. The maximum Gasteiger partial charge on any atom is 0.252 e. The third-order valence-electron chi connectivity index (χ3n) is 2.69. The maximum atomic E-state index is 13.0. The van der Waals surface area contributed by atoms with E-state index in [2.05, 4.69) is 10.3 Å². The lowest BCUT2D eigenvalue weighted by molar-refractivity contribution is 0.0954. The summed E-state index contributed by atoms with van der Waals surface area (Å²) in [7, 11) is 0. The largest absolute Gasteiger partial charge is 0.352 e. The quantitative estimate of drug-likeness (QED) is 0.869. The van der Waals surface area contributed by atoms with Gasteiger partial charge in [0.2, 0.25) is 0 Å². The number of rotatable bonds is 4. The van der Waals surface area contributed by atoms with Gasteiger partial charge < -0.3 is 5.32 Å². The van der Waals surface area contributed by atoms with Gasteiger partial charge in [0.05, 0.1) is 10.6 Å². The summed E-state index contributed by atoms with van der Waals surface area (Å²) < 4.78 is 26.0. The van der Waals surface area contributed by atoms with Crippen LogP contribution in [0.3, 0.4) is 0 Å². The number of amides is 1. The molecule has 1 amide bonds. The molecule has 21 heavy (non-hydrogen) atoms. The van der Waals surface area contributed by atoms with Gasteiger partial charge in [0.15, 0.2) is 0 Å². The van der Waals surface area contributed by atoms with Gasteiger partial charge in [0, 0.05) is 18.8 Å². The highest BCUT2D eigenvalue weighted by Gasteiger charge is 2.11. The molecule has 0 atom stereocenters. The first-order valence-electron chi connectivity index (χ1n) is 6.00. The normalized spacial score (nSPS) is 10.5. The number of hydrogen-bond donors (Lipinski definition) is 1. The molecular formula is C14H10Cl2F2N2O. The first kappa shape index (κ1) is 15.7. The van der Waals surface area contributed by atoms with Crippen LogP contribution in [0.15, 0.2) is 30.5 Å². The van der Waals surface area contributed by atoms with Crippen molar-refractivity contribution in [1.29, 1.82) is 0 Å². The number of pyridine rings is 1. The summed E-state index contributed by atoms with van der Waals surface area (Å²) in [5.41, 5.74) is 0.647. The maximum absolute atomic E-state index is 13.0. The number of nitrogens with one attached hydrogen (secondary N) is 1. The minimum Gasteiger partial charge on any atom is -0.352 e. The Labute approximate surface area is 129 Å². The number of nitrogens with zero attached hydrogens (tertiary/aromatic N) is 1. The lowest BCUT2D eigenvalue weighted by Crippen LogP contribution is -2.26.